The second kappa shape index (κ2) is 4.95. The third-order valence-electron chi connectivity index (χ3n) is 3.27. The van der Waals surface area contributed by atoms with E-state index in [1.165, 1.54) is 6.42 Å². The fourth-order valence-corrected chi connectivity index (χ4v) is 2.21. The van der Waals surface area contributed by atoms with Gasteiger partial charge in [-0.3, -0.25) is 0 Å². The molecule has 0 aromatic carbocycles. The molecule has 0 saturated heterocycles. The molecule has 16 heavy (non-hydrogen) atoms. The van der Waals surface area contributed by atoms with Gasteiger partial charge in [-0.1, -0.05) is 38.3 Å². The van der Waals surface area contributed by atoms with Crippen LogP contribution in [0.5, 0.6) is 0 Å². The first-order chi connectivity index (χ1) is 7.68. The third kappa shape index (κ3) is 2.43. The Kier molecular flexibility index (Phi) is 3.59. The van der Waals surface area contributed by atoms with Gasteiger partial charge < -0.3 is 9.63 Å². The van der Waals surface area contributed by atoms with Gasteiger partial charge in [-0.25, -0.2) is 0 Å². The minimum atomic E-state index is -0.317. The zero-order valence-corrected chi connectivity index (χ0v) is 10.0. The topological polar surface area (TPSA) is 59.2 Å². The number of hydrogen-bond acceptors (Lipinski definition) is 4. The van der Waals surface area contributed by atoms with Gasteiger partial charge in [0.05, 0.1) is 12.0 Å². The van der Waals surface area contributed by atoms with Crippen LogP contribution in [0, 0.1) is 0 Å². The molecule has 1 saturated carbocycles. The Balaban J connectivity index is 2.14. The zero-order valence-electron chi connectivity index (χ0n) is 10.0. The number of nitrogens with zero attached hydrogens (tertiary/aromatic N) is 2. The highest BCUT2D eigenvalue weighted by Crippen LogP contribution is 2.31. The van der Waals surface area contributed by atoms with Crippen molar-refractivity contribution in [3.05, 3.63) is 11.7 Å². The normalized spacial score (nSPS) is 27.0. The lowest BCUT2D eigenvalue weighted by molar-refractivity contribution is 0.119. The van der Waals surface area contributed by atoms with Crippen LogP contribution in [0.1, 0.15) is 69.5 Å². The quantitative estimate of drug-likeness (QED) is 0.784. The summed E-state index contributed by atoms with van der Waals surface area (Å²) in [6, 6.07) is 0. The van der Waals surface area contributed by atoms with Crippen LogP contribution in [0.4, 0.5) is 0 Å². The molecule has 0 bridgehead atoms. The van der Waals surface area contributed by atoms with Crippen molar-refractivity contribution in [2.45, 2.75) is 63.9 Å². The standard InChI is InChI=1S/C12H20N2O2/c1-8(2)11-13-12(16-14-11)9-6-4-3-5-7-10(9)15/h8-10,15H,3-7H2,1-2H3. The number of aliphatic hydroxyl groups is 1. The van der Waals surface area contributed by atoms with E-state index in [-0.39, 0.29) is 17.9 Å². The first-order valence-electron chi connectivity index (χ1n) is 6.20. The summed E-state index contributed by atoms with van der Waals surface area (Å²) >= 11 is 0. The lowest BCUT2D eigenvalue weighted by Gasteiger charge is -2.15. The molecule has 4 nitrogen and oxygen atoms in total. The van der Waals surface area contributed by atoms with E-state index in [0.717, 1.165) is 31.5 Å². The molecule has 1 aromatic heterocycles. The smallest absolute Gasteiger partial charge is 0.232 e. The number of aromatic nitrogens is 2. The highest BCUT2D eigenvalue weighted by molar-refractivity contribution is 5.00. The summed E-state index contributed by atoms with van der Waals surface area (Å²) in [5, 5.41) is 14.0. The van der Waals surface area contributed by atoms with E-state index in [1.807, 2.05) is 13.8 Å². The summed E-state index contributed by atoms with van der Waals surface area (Å²) in [6.45, 7) is 4.08. The predicted molar refractivity (Wildman–Crippen MR) is 60.2 cm³/mol. The zero-order chi connectivity index (χ0) is 11.5. The first-order valence-corrected chi connectivity index (χ1v) is 6.20. The summed E-state index contributed by atoms with van der Waals surface area (Å²) in [7, 11) is 0. The van der Waals surface area contributed by atoms with E-state index >= 15 is 0 Å². The average molecular weight is 224 g/mol. The minimum absolute atomic E-state index is 0.0440. The third-order valence-corrected chi connectivity index (χ3v) is 3.27. The molecule has 1 aliphatic rings. The van der Waals surface area contributed by atoms with Crippen molar-refractivity contribution < 1.29 is 9.63 Å². The minimum Gasteiger partial charge on any atom is -0.392 e. The predicted octanol–water partition coefficient (Wildman–Crippen LogP) is 2.60. The largest absolute Gasteiger partial charge is 0.392 e. The molecule has 0 aliphatic heterocycles. The SMILES string of the molecule is CC(C)c1noc(C2CCCCCC2O)n1. The molecular weight excluding hydrogens is 204 g/mol. The van der Waals surface area contributed by atoms with Gasteiger partial charge in [0.25, 0.3) is 0 Å². The Morgan fingerprint density at radius 1 is 1.25 bits per heavy atom. The summed E-state index contributed by atoms with van der Waals surface area (Å²) in [6.07, 6.45) is 4.93. The Bertz CT molecular complexity index is 336. The summed E-state index contributed by atoms with van der Waals surface area (Å²) < 4.78 is 5.27. The van der Waals surface area contributed by atoms with Crippen molar-refractivity contribution in [1.82, 2.24) is 10.1 Å². The van der Waals surface area contributed by atoms with E-state index in [9.17, 15) is 5.11 Å². The maximum absolute atomic E-state index is 10.0. The molecule has 0 radical (unpaired) electrons. The van der Waals surface area contributed by atoms with Crippen LogP contribution in [-0.2, 0) is 0 Å². The number of hydrogen-bond donors (Lipinski definition) is 1. The lowest BCUT2D eigenvalue weighted by atomic mass is 9.97. The summed E-state index contributed by atoms with van der Waals surface area (Å²) in [5.74, 6) is 1.69. The van der Waals surface area contributed by atoms with E-state index in [0.29, 0.717) is 5.89 Å². The average Bonchev–Trinajstić information content (AvgIpc) is 2.63. The number of aliphatic hydroxyl groups excluding tert-OH is 1. The fraction of sp³-hybridized carbons (Fsp3) is 0.833. The molecule has 2 rings (SSSR count). The molecular formula is C12H20N2O2. The molecule has 2 atom stereocenters. The molecule has 90 valence electrons. The first kappa shape index (κ1) is 11.6. The Morgan fingerprint density at radius 3 is 2.69 bits per heavy atom. The molecule has 1 aliphatic carbocycles. The summed E-state index contributed by atoms with van der Waals surface area (Å²) in [4.78, 5) is 4.39. The molecule has 0 spiro atoms. The van der Waals surface area contributed by atoms with Gasteiger partial charge in [0.1, 0.15) is 0 Å². The monoisotopic (exact) mass is 224 g/mol. The molecule has 1 aromatic rings. The van der Waals surface area contributed by atoms with E-state index in [2.05, 4.69) is 10.1 Å². The molecule has 1 N–H and O–H groups in total. The fourth-order valence-electron chi connectivity index (χ4n) is 2.21. The van der Waals surface area contributed by atoms with Crippen LogP contribution in [0.3, 0.4) is 0 Å². The second-order valence-corrected chi connectivity index (χ2v) is 4.96. The van der Waals surface area contributed by atoms with Gasteiger partial charge in [-0.15, -0.1) is 0 Å². The highest BCUT2D eigenvalue weighted by Gasteiger charge is 2.28. The van der Waals surface area contributed by atoms with Crippen molar-refractivity contribution in [3.63, 3.8) is 0 Å². The van der Waals surface area contributed by atoms with E-state index < -0.39 is 0 Å². The van der Waals surface area contributed by atoms with Crippen LogP contribution < -0.4 is 0 Å². The molecule has 1 heterocycles. The Hall–Kier alpha value is -0.900. The maximum Gasteiger partial charge on any atom is 0.232 e. The van der Waals surface area contributed by atoms with E-state index in [1.54, 1.807) is 0 Å². The van der Waals surface area contributed by atoms with Crippen molar-refractivity contribution in [2.24, 2.45) is 0 Å². The Morgan fingerprint density at radius 2 is 2.00 bits per heavy atom. The van der Waals surface area contributed by atoms with Crippen LogP contribution in [0.2, 0.25) is 0 Å². The van der Waals surface area contributed by atoms with Crippen LogP contribution in [-0.4, -0.2) is 21.4 Å². The van der Waals surface area contributed by atoms with Crippen LogP contribution in [0.15, 0.2) is 4.52 Å². The second-order valence-electron chi connectivity index (χ2n) is 4.96. The van der Waals surface area contributed by atoms with E-state index in [4.69, 9.17) is 4.52 Å². The molecule has 4 heteroatoms. The van der Waals surface area contributed by atoms with Gasteiger partial charge in [0, 0.05) is 5.92 Å². The lowest BCUT2D eigenvalue weighted by Crippen LogP contribution is -2.17. The van der Waals surface area contributed by atoms with Gasteiger partial charge in [0.2, 0.25) is 5.89 Å². The molecule has 1 fully saturated rings. The number of rotatable bonds is 2. The van der Waals surface area contributed by atoms with Crippen molar-refractivity contribution in [3.8, 4) is 0 Å². The van der Waals surface area contributed by atoms with Gasteiger partial charge >= 0.3 is 0 Å². The van der Waals surface area contributed by atoms with Crippen LogP contribution in [0.25, 0.3) is 0 Å². The maximum atomic E-state index is 10.0. The van der Waals surface area contributed by atoms with Crippen LogP contribution >= 0.6 is 0 Å². The van der Waals surface area contributed by atoms with Gasteiger partial charge in [0.15, 0.2) is 5.82 Å². The molecule has 0 amide bonds. The molecule has 2 unspecified atom stereocenters. The highest BCUT2D eigenvalue weighted by atomic mass is 16.5. The Labute approximate surface area is 96.1 Å². The van der Waals surface area contributed by atoms with Crippen molar-refractivity contribution in [2.75, 3.05) is 0 Å². The van der Waals surface area contributed by atoms with Crippen molar-refractivity contribution >= 4 is 0 Å². The summed E-state index contributed by atoms with van der Waals surface area (Å²) in [5.41, 5.74) is 0. The van der Waals surface area contributed by atoms with Gasteiger partial charge in [-0.2, -0.15) is 4.98 Å². The van der Waals surface area contributed by atoms with Crippen molar-refractivity contribution in [1.29, 1.82) is 0 Å². The van der Waals surface area contributed by atoms with Gasteiger partial charge in [-0.05, 0) is 12.8 Å².